The number of aryl methyl sites for hydroxylation is 1. The summed E-state index contributed by atoms with van der Waals surface area (Å²) in [6.07, 6.45) is 2.76. The van der Waals surface area contributed by atoms with Gasteiger partial charge in [0.05, 0.1) is 0 Å². The van der Waals surface area contributed by atoms with E-state index in [4.69, 9.17) is 4.74 Å². The van der Waals surface area contributed by atoms with Crippen LogP contribution in [0.5, 0.6) is 5.75 Å². The van der Waals surface area contributed by atoms with Crippen LogP contribution in [0.1, 0.15) is 36.1 Å². The summed E-state index contributed by atoms with van der Waals surface area (Å²) in [7, 11) is 0. The second kappa shape index (κ2) is 6.06. The molecule has 1 aliphatic rings. The van der Waals surface area contributed by atoms with Gasteiger partial charge in [-0.05, 0) is 29.7 Å². The molecule has 0 fully saturated rings. The lowest BCUT2D eigenvalue weighted by atomic mass is 9.99. The minimum Gasteiger partial charge on any atom is -0.485 e. The molecular formula is C19H18O3. The number of rotatable bonds is 3. The van der Waals surface area contributed by atoms with Crippen LogP contribution in [-0.4, -0.2) is 11.1 Å². The number of aliphatic carboxylic acids is 1. The van der Waals surface area contributed by atoms with Gasteiger partial charge < -0.3 is 9.84 Å². The van der Waals surface area contributed by atoms with Crippen molar-refractivity contribution < 1.29 is 14.6 Å². The molecule has 1 N–H and O–H groups in total. The van der Waals surface area contributed by atoms with E-state index < -0.39 is 5.97 Å². The van der Waals surface area contributed by atoms with E-state index in [0.29, 0.717) is 12.0 Å². The fourth-order valence-electron chi connectivity index (χ4n) is 2.65. The normalized spacial score (nSPS) is 17.0. The Bertz CT molecular complexity index is 714. The van der Waals surface area contributed by atoms with Crippen molar-refractivity contribution in [3.8, 4) is 5.75 Å². The Kier molecular flexibility index (Phi) is 3.96. The van der Waals surface area contributed by atoms with E-state index >= 15 is 0 Å². The molecule has 3 nitrogen and oxygen atoms in total. The van der Waals surface area contributed by atoms with Gasteiger partial charge in [-0.15, -0.1) is 0 Å². The molecule has 0 amide bonds. The summed E-state index contributed by atoms with van der Waals surface area (Å²) in [6, 6.07) is 15.7. The lowest BCUT2D eigenvalue weighted by molar-refractivity contribution is -0.132. The average molecular weight is 294 g/mol. The molecular weight excluding hydrogens is 276 g/mol. The van der Waals surface area contributed by atoms with Gasteiger partial charge in [0.1, 0.15) is 11.9 Å². The van der Waals surface area contributed by atoms with Crippen LogP contribution >= 0.6 is 0 Å². The Morgan fingerprint density at radius 3 is 2.59 bits per heavy atom. The van der Waals surface area contributed by atoms with E-state index in [1.807, 2.05) is 36.4 Å². The number of para-hydroxylation sites is 1. The molecule has 3 rings (SSSR count). The second-order valence-electron chi connectivity index (χ2n) is 5.42. The van der Waals surface area contributed by atoms with E-state index in [0.717, 1.165) is 23.3 Å². The summed E-state index contributed by atoms with van der Waals surface area (Å²) in [6.45, 7) is 2.11. The van der Waals surface area contributed by atoms with Crippen molar-refractivity contribution in [1.82, 2.24) is 0 Å². The van der Waals surface area contributed by atoms with Gasteiger partial charge in [0.2, 0.25) is 0 Å². The number of carbonyl (C=O) groups is 1. The standard InChI is InChI=1S/C19H18O3/c1-2-13-7-9-14(10-8-13)18-12-16(19(20)21)11-15-5-3-4-6-17(15)22-18/h3-11,18H,2,12H2,1H3,(H,20,21). The molecule has 3 heteroatoms. The summed E-state index contributed by atoms with van der Waals surface area (Å²) >= 11 is 0. The maximum Gasteiger partial charge on any atom is 0.331 e. The molecule has 0 spiro atoms. The third-order valence-corrected chi connectivity index (χ3v) is 3.96. The largest absolute Gasteiger partial charge is 0.485 e. The first-order valence-electron chi connectivity index (χ1n) is 7.45. The Morgan fingerprint density at radius 1 is 1.18 bits per heavy atom. The number of hydrogen-bond acceptors (Lipinski definition) is 2. The SMILES string of the molecule is CCc1ccc(C2CC(C(=O)O)=Cc3ccccc3O2)cc1. The van der Waals surface area contributed by atoms with Gasteiger partial charge in [-0.1, -0.05) is 49.4 Å². The maximum absolute atomic E-state index is 11.5. The first-order valence-corrected chi connectivity index (χ1v) is 7.45. The number of benzene rings is 2. The van der Waals surface area contributed by atoms with Gasteiger partial charge in [0.25, 0.3) is 0 Å². The van der Waals surface area contributed by atoms with Crippen LogP contribution in [0.2, 0.25) is 0 Å². The predicted molar refractivity (Wildman–Crippen MR) is 85.9 cm³/mol. The third-order valence-electron chi connectivity index (χ3n) is 3.96. The highest BCUT2D eigenvalue weighted by atomic mass is 16.5. The van der Waals surface area contributed by atoms with Crippen LogP contribution in [0, 0.1) is 0 Å². The van der Waals surface area contributed by atoms with E-state index in [1.165, 1.54) is 5.56 Å². The zero-order chi connectivity index (χ0) is 15.5. The van der Waals surface area contributed by atoms with Crippen molar-refractivity contribution >= 4 is 12.0 Å². The monoisotopic (exact) mass is 294 g/mol. The van der Waals surface area contributed by atoms with Crippen LogP contribution < -0.4 is 4.74 Å². The highest BCUT2D eigenvalue weighted by Crippen LogP contribution is 2.35. The van der Waals surface area contributed by atoms with E-state index in [1.54, 1.807) is 6.08 Å². The number of hydrogen-bond donors (Lipinski definition) is 1. The lowest BCUT2D eigenvalue weighted by Gasteiger charge is -2.19. The topological polar surface area (TPSA) is 46.5 Å². The first kappa shape index (κ1) is 14.4. The van der Waals surface area contributed by atoms with E-state index in [9.17, 15) is 9.90 Å². The molecule has 0 bridgehead atoms. The van der Waals surface area contributed by atoms with Gasteiger partial charge in [-0.25, -0.2) is 4.79 Å². The zero-order valence-electron chi connectivity index (χ0n) is 12.5. The van der Waals surface area contributed by atoms with Crippen LogP contribution in [0.25, 0.3) is 6.08 Å². The van der Waals surface area contributed by atoms with Crippen molar-refractivity contribution in [2.45, 2.75) is 25.9 Å². The summed E-state index contributed by atoms with van der Waals surface area (Å²) in [5.41, 5.74) is 3.44. The molecule has 0 saturated carbocycles. The highest BCUT2D eigenvalue weighted by Gasteiger charge is 2.23. The van der Waals surface area contributed by atoms with E-state index in [-0.39, 0.29) is 6.10 Å². The molecule has 0 radical (unpaired) electrons. The molecule has 1 heterocycles. The van der Waals surface area contributed by atoms with Crippen molar-refractivity contribution in [3.63, 3.8) is 0 Å². The Hall–Kier alpha value is -2.55. The number of carboxylic acid groups (broad SMARTS) is 1. The van der Waals surface area contributed by atoms with Crippen LogP contribution in [-0.2, 0) is 11.2 Å². The molecule has 22 heavy (non-hydrogen) atoms. The molecule has 2 aromatic rings. The number of carboxylic acids is 1. The van der Waals surface area contributed by atoms with Gasteiger partial charge in [0, 0.05) is 17.6 Å². The quantitative estimate of drug-likeness (QED) is 0.921. The number of ether oxygens (including phenoxy) is 1. The van der Waals surface area contributed by atoms with Crippen molar-refractivity contribution in [2.24, 2.45) is 0 Å². The van der Waals surface area contributed by atoms with Gasteiger partial charge in [-0.3, -0.25) is 0 Å². The Morgan fingerprint density at radius 2 is 1.91 bits per heavy atom. The molecule has 112 valence electrons. The highest BCUT2D eigenvalue weighted by molar-refractivity contribution is 5.93. The molecule has 0 aliphatic carbocycles. The van der Waals surface area contributed by atoms with Gasteiger partial charge in [0.15, 0.2) is 0 Å². The average Bonchev–Trinajstić information content (AvgIpc) is 2.74. The van der Waals surface area contributed by atoms with Gasteiger partial charge in [-0.2, -0.15) is 0 Å². The summed E-state index contributed by atoms with van der Waals surface area (Å²) < 4.78 is 6.08. The third kappa shape index (κ3) is 2.89. The Labute approximate surface area is 129 Å². The van der Waals surface area contributed by atoms with Gasteiger partial charge >= 0.3 is 5.97 Å². The van der Waals surface area contributed by atoms with Crippen molar-refractivity contribution in [1.29, 1.82) is 0 Å². The summed E-state index contributed by atoms with van der Waals surface area (Å²) in [5, 5.41) is 9.41. The lowest BCUT2D eigenvalue weighted by Crippen LogP contribution is -2.11. The molecule has 0 aromatic heterocycles. The minimum atomic E-state index is -0.893. The molecule has 1 unspecified atom stereocenters. The van der Waals surface area contributed by atoms with Crippen LogP contribution in [0.4, 0.5) is 0 Å². The van der Waals surface area contributed by atoms with Crippen LogP contribution in [0.15, 0.2) is 54.1 Å². The fourth-order valence-corrected chi connectivity index (χ4v) is 2.65. The second-order valence-corrected chi connectivity index (χ2v) is 5.42. The first-order chi connectivity index (χ1) is 10.7. The summed E-state index contributed by atoms with van der Waals surface area (Å²) in [5.74, 6) is -0.168. The van der Waals surface area contributed by atoms with Crippen molar-refractivity contribution in [2.75, 3.05) is 0 Å². The minimum absolute atomic E-state index is 0.281. The number of fused-ring (bicyclic) bond motifs is 1. The molecule has 2 aromatic carbocycles. The molecule has 1 atom stereocenters. The predicted octanol–water partition coefficient (Wildman–Crippen LogP) is 4.24. The summed E-state index contributed by atoms with van der Waals surface area (Å²) in [4.78, 5) is 11.5. The zero-order valence-corrected chi connectivity index (χ0v) is 12.5. The smallest absolute Gasteiger partial charge is 0.331 e. The Balaban J connectivity index is 1.99. The molecule has 0 saturated heterocycles. The van der Waals surface area contributed by atoms with E-state index in [2.05, 4.69) is 19.1 Å². The fraction of sp³-hybridized carbons (Fsp3) is 0.211. The maximum atomic E-state index is 11.5. The van der Waals surface area contributed by atoms with Crippen molar-refractivity contribution in [3.05, 3.63) is 70.8 Å². The molecule has 1 aliphatic heterocycles. The van der Waals surface area contributed by atoms with Crippen LogP contribution in [0.3, 0.4) is 0 Å².